The Hall–Kier alpha value is -2.08. The van der Waals surface area contributed by atoms with Crippen molar-refractivity contribution in [3.05, 3.63) is 29.8 Å². The standard InChI is InChI=1S/C22H34N4O2/c1-23(2)13-14-25-16-22(11-9-20(25)27)10-6-12-26(17-22)21(28)18-7-5-8-19(15-18)24(3)4/h5,7-8,15H,6,9-14,16-17H2,1-4H3/t22-/m1/s1. The van der Waals surface area contributed by atoms with E-state index in [0.717, 1.165) is 63.2 Å². The van der Waals surface area contributed by atoms with E-state index in [2.05, 4.69) is 4.90 Å². The van der Waals surface area contributed by atoms with E-state index >= 15 is 0 Å². The molecule has 2 fully saturated rings. The first-order chi connectivity index (χ1) is 13.3. The van der Waals surface area contributed by atoms with Gasteiger partial charge in [0.2, 0.25) is 5.91 Å². The van der Waals surface area contributed by atoms with Crippen LogP contribution in [-0.4, -0.2) is 87.4 Å². The molecule has 3 rings (SSSR count). The molecule has 2 aliphatic rings. The van der Waals surface area contributed by atoms with Gasteiger partial charge in [0.15, 0.2) is 0 Å². The minimum absolute atomic E-state index is 0.0489. The molecule has 2 heterocycles. The lowest BCUT2D eigenvalue weighted by Gasteiger charge is -2.48. The second kappa shape index (κ2) is 8.52. The van der Waals surface area contributed by atoms with E-state index in [0.29, 0.717) is 6.42 Å². The Morgan fingerprint density at radius 3 is 2.64 bits per heavy atom. The van der Waals surface area contributed by atoms with E-state index in [1.54, 1.807) is 0 Å². The Bertz CT molecular complexity index is 718. The number of carbonyl (C=O) groups is 2. The molecule has 0 N–H and O–H groups in total. The van der Waals surface area contributed by atoms with Crippen LogP contribution in [0.1, 0.15) is 36.0 Å². The number of anilines is 1. The first-order valence-electron chi connectivity index (χ1n) is 10.3. The van der Waals surface area contributed by atoms with Crippen LogP contribution in [0.5, 0.6) is 0 Å². The Morgan fingerprint density at radius 2 is 1.93 bits per heavy atom. The minimum Gasteiger partial charge on any atom is -0.378 e. The fourth-order valence-corrected chi connectivity index (χ4v) is 4.44. The minimum atomic E-state index is 0.0489. The summed E-state index contributed by atoms with van der Waals surface area (Å²) in [5, 5.41) is 0. The Labute approximate surface area is 169 Å². The van der Waals surface area contributed by atoms with Crippen molar-refractivity contribution < 1.29 is 9.59 Å². The largest absolute Gasteiger partial charge is 0.378 e. The summed E-state index contributed by atoms with van der Waals surface area (Å²) >= 11 is 0. The lowest BCUT2D eigenvalue weighted by atomic mass is 9.73. The fourth-order valence-electron chi connectivity index (χ4n) is 4.44. The molecule has 0 saturated carbocycles. The van der Waals surface area contributed by atoms with Crippen LogP contribution in [0.4, 0.5) is 5.69 Å². The maximum absolute atomic E-state index is 13.2. The van der Waals surface area contributed by atoms with Gasteiger partial charge in [-0.3, -0.25) is 9.59 Å². The number of likely N-dealkylation sites (N-methyl/N-ethyl adjacent to an activating group) is 1. The molecule has 1 spiro atoms. The van der Waals surface area contributed by atoms with Crippen LogP contribution in [0.15, 0.2) is 24.3 Å². The molecule has 6 heteroatoms. The third-order valence-corrected chi connectivity index (χ3v) is 6.12. The lowest BCUT2D eigenvalue weighted by Crippen LogP contribution is -2.55. The number of benzene rings is 1. The summed E-state index contributed by atoms with van der Waals surface area (Å²) in [5.41, 5.74) is 1.84. The number of hydrogen-bond acceptors (Lipinski definition) is 4. The summed E-state index contributed by atoms with van der Waals surface area (Å²) in [6.45, 7) is 3.98. The van der Waals surface area contributed by atoms with Crippen molar-refractivity contribution in [3.8, 4) is 0 Å². The van der Waals surface area contributed by atoms with Gasteiger partial charge in [-0.1, -0.05) is 6.07 Å². The van der Waals surface area contributed by atoms with Crippen molar-refractivity contribution in [2.75, 3.05) is 65.8 Å². The third-order valence-electron chi connectivity index (χ3n) is 6.12. The van der Waals surface area contributed by atoms with Crippen molar-refractivity contribution in [1.29, 1.82) is 0 Å². The van der Waals surface area contributed by atoms with Crippen LogP contribution < -0.4 is 4.90 Å². The normalized spacial score (nSPS) is 22.8. The molecule has 1 aromatic rings. The molecule has 2 aliphatic heterocycles. The van der Waals surface area contributed by atoms with Crippen LogP contribution in [0.2, 0.25) is 0 Å². The maximum atomic E-state index is 13.2. The summed E-state index contributed by atoms with van der Waals surface area (Å²) in [4.78, 5) is 33.7. The van der Waals surface area contributed by atoms with Gasteiger partial charge in [-0.25, -0.2) is 0 Å². The topological polar surface area (TPSA) is 47.1 Å². The summed E-state index contributed by atoms with van der Waals surface area (Å²) < 4.78 is 0. The molecule has 2 saturated heterocycles. The second-order valence-electron chi connectivity index (χ2n) is 8.89. The van der Waals surface area contributed by atoms with Crippen LogP contribution in [0, 0.1) is 5.41 Å². The molecular formula is C22H34N4O2. The Kier molecular flexibility index (Phi) is 6.28. The SMILES string of the molecule is CN(C)CCN1C[C@@]2(CCCN(C(=O)c3cccc(N(C)C)c3)C2)CCC1=O. The van der Waals surface area contributed by atoms with E-state index in [9.17, 15) is 9.59 Å². The van der Waals surface area contributed by atoms with Crippen LogP contribution in [0.25, 0.3) is 0 Å². The molecule has 0 aromatic heterocycles. The molecule has 1 atom stereocenters. The quantitative estimate of drug-likeness (QED) is 0.778. The lowest BCUT2D eigenvalue weighted by molar-refractivity contribution is -0.139. The van der Waals surface area contributed by atoms with Crippen LogP contribution in [0.3, 0.4) is 0 Å². The molecule has 28 heavy (non-hydrogen) atoms. The van der Waals surface area contributed by atoms with Gasteiger partial charge in [0.1, 0.15) is 0 Å². The van der Waals surface area contributed by atoms with Crippen molar-refractivity contribution >= 4 is 17.5 Å². The van der Waals surface area contributed by atoms with Gasteiger partial charge < -0.3 is 19.6 Å². The number of piperidine rings is 2. The smallest absolute Gasteiger partial charge is 0.253 e. The number of rotatable bonds is 5. The molecule has 2 amide bonds. The van der Waals surface area contributed by atoms with Gasteiger partial charge in [-0.15, -0.1) is 0 Å². The van der Waals surface area contributed by atoms with Gasteiger partial charge in [0.25, 0.3) is 5.91 Å². The molecule has 6 nitrogen and oxygen atoms in total. The Morgan fingerprint density at radius 1 is 1.14 bits per heavy atom. The summed E-state index contributed by atoms with van der Waals surface area (Å²) in [6, 6.07) is 7.84. The number of carbonyl (C=O) groups excluding carboxylic acids is 2. The number of likely N-dealkylation sites (tertiary alicyclic amines) is 2. The first-order valence-corrected chi connectivity index (χ1v) is 10.3. The van der Waals surface area contributed by atoms with Crippen LogP contribution >= 0.6 is 0 Å². The van der Waals surface area contributed by atoms with Gasteiger partial charge in [-0.05, 0) is 51.6 Å². The molecule has 0 unspecified atom stereocenters. The van der Waals surface area contributed by atoms with E-state index in [1.807, 2.05) is 67.2 Å². The molecule has 0 bridgehead atoms. The molecule has 0 aliphatic carbocycles. The highest BCUT2D eigenvalue weighted by Crippen LogP contribution is 2.39. The molecule has 154 valence electrons. The predicted molar refractivity (Wildman–Crippen MR) is 113 cm³/mol. The maximum Gasteiger partial charge on any atom is 0.253 e. The zero-order valence-corrected chi connectivity index (χ0v) is 17.8. The first kappa shape index (κ1) is 20.6. The zero-order chi connectivity index (χ0) is 20.3. The highest BCUT2D eigenvalue weighted by atomic mass is 16.2. The number of amides is 2. The summed E-state index contributed by atoms with van der Waals surface area (Å²) in [7, 11) is 8.04. The van der Waals surface area contributed by atoms with E-state index in [4.69, 9.17) is 0 Å². The molecular weight excluding hydrogens is 352 g/mol. The van der Waals surface area contributed by atoms with Gasteiger partial charge in [0.05, 0.1) is 0 Å². The van der Waals surface area contributed by atoms with E-state index in [-0.39, 0.29) is 17.2 Å². The predicted octanol–water partition coefficient (Wildman–Crippen LogP) is 2.16. The van der Waals surface area contributed by atoms with Gasteiger partial charge in [0, 0.05) is 69.9 Å². The fraction of sp³-hybridized carbons (Fsp3) is 0.636. The van der Waals surface area contributed by atoms with Gasteiger partial charge >= 0.3 is 0 Å². The van der Waals surface area contributed by atoms with Crippen molar-refractivity contribution in [3.63, 3.8) is 0 Å². The van der Waals surface area contributed by atoms with Crippen molar-refractivity contribution in [2.45, 2.75) is 25.7 Å². The van der Waals surface area contributed by atoms with E-state index < -0.39 is 0 Å². The Balaban J connectivity index is 1.71. The molecule has 1 aromatic carbocycles. The van der Waals surface area contributed by atoms with Gasteiger partial charge in [-0.2, -0.15) is 0 Å². The number of hydrogen-bond donors (Lipinski definition) is 0. The summed E-state index contributed by atoms with van der Waals surface area (Å²) in [6.07, 6.45) is 3.60. The average molecular weight is 387 g/mol. The zero-order valence-electron chi connectivity index (χ0n) is 17.8. The van der Waals surface area contributed by atoms with E-state index in [1.165, 1.54) is 0 Å². The highest BCUT2D eigenvalue weighted by molar-refractivity contribution is 5.95. The number of nitrogens with zero attached hydrogens (tertiary/aromatic N) is 4. The third kappa shape index (κ3) is 4.66. The average Bonchev–Trinajstić information content (AvgIpc) is 2.68. The monoisotopic (exact) mass is 386 g/mol. The highest BCUT2D eigenvalue weighted by Gasteiger charge is 2.42. The van der Waals surface area contributed by atoms with Crippen molar-refractivity contribution in [2.24, 2.45) is 5.41 Å². The summed E-state index contributed by atoms with van der Waals surface area (Å²) in [5.74, 6) is 0.370. The molecule has 0 radical (unpaired) electrons. The van der Waals surface area contributed by atoms with Crippen molar-refractivity contribution in [1.82, 2.24) is 14.7 Å². The van der Waals surface area contributed by atoms with Crippen LogP contribution in [-0.2, 0) is 4.79 Å². The second-order valence-corrected chi connectivity index (χ2v) is 8.89.